The van der Waals surface area contributed by atoms with Crippen LogP contribution in [0.5, 0.6) is 11.5 Å². The molecule has 0 amide bonds. The molecule has 2 aromatic rings. The molecule has 0 aliphatic carbocycles. The van der Waals surface area contributed by atoms with Crippen molar-refractivity contribution >= 4 is 11.6 Å². The molecule has 0 aliphatic rings. The van der Waals surface area contributed by atoms with Gasteiger partial charge in [0.25, 0.3) is 0 Å². The van der Waals surface area contributed by atoms with Crippen LogP contribution in [0.25, 0.3) is 0 Å². The Morgan fingerprint density at radius 2 is 1.90 bits per heavy atom. The fourth-order valence-corrected chi connectivity index (χ4v) is 2.10. The van der Waals surface area contributed by atoms with Crippen molar-refractivity contribution in [3.8, 4) is 11.5 Å². The van der Waals surface area contributed by atoms with E-state index >= 15 is 0 Å². The van der Waals surface area contributed by atoms with E-state index < -0.39 is 11.9 Å². The third-order valence-corrected chi connectivity index (χ3v) is 3.34. The quantitative estimate of drug-likeness (QED) is 0.903. The molecule has 2 aromatic carbocycles. The van der Waals surface area contributed by atoms with Gasteiger partial charge in [-0.15, -0.1) is 0 Å². The number of aliphatic hydroxyl groups is 1. The van der Waals surface area contributed by atoms with Crippen LogP contribution in [0.3, 0.4) is 0 Å². The number of methoxy groups -OCH3 is 1. The highest BCUT2D eigenvalue weighted by Gasteiger charge is 2.08. The monoisotopic (exact) mass is 310 g/mol. The Labute approximate surface area is 127 Å². The lowest BCUT2D eigenvalue weighted by Crippen LogP contribution is -1.99. The SMILES string of the molecule is COc1ccc(COc2ccc(C(C)O)cc2Cl)cc1F. The molecule has 1 atom stereocenters. The van der Waals surface area contributed by atoms with Crippen LogP contribution >= 0.6 is 11.6 Å². The molecule has 0 bridgehead atoms. The Kier molecular flexibility index (Phi) is 5.04. The maximum absolute atomic E-state index is 13.6. The minimum Gasteiger partial charge on any atom is -0.494 e. The predicted octanol–water partition coefficient (Wildman–Crippen LogP) is 4.12. The number of hydrogen-bond donors (Lipinski definition) is 1. The Hall–Kier alpha value is -1.78. The first kappa shape index (κ1) is 15.6. The van der Waals surface area contributed by atoms with Crippen molar-refractivity contribution in [2.24, 2.45) is 0 Å². The van der Waals surface area contributed by atoms with Gasteiger partial charge in [0.15, 0.2) is 11.6 Å². The Morgan fingerprint density at radius 3 is 2.48 bits per heavy atom. The molecule has 0 aromatic heterocycles. The zero-order valence-corrected chi connectivity index (χ0v) is 12.5. The second-order valence-corrected chi connectivity index (χ2v) is 5.03. The van der Waals surface area contributed by atoms with Crippen molar-refractivity contribution in [1.82, 2.24) is 0 Å². The molecule has 0 saturated heterocycles. The first-order chi connectivity index (χ1) is 10.0. The molecule has 1 unspecified atom stereocenters. The predicted molar refractivity (Wildman–Crippen MR) is 79.4 cm³/mol. The summed E-state index contributed by atoms with van der Waals surface area (Å²) >= 11 is 6.09. The maximum Gasteiger partial charge on any atom is 0.165 e. The van der Waals surface area contributed by atoms with Crippen molar-refractivity contribution in [2.75, 3.05) is 7.11 Å². The molecule has 1 N–H and O–H groups in total. The second-order valence-electron chi connectivity index (χ2n) is 4.62. The molecule has 5 heteroatoms. The van der Waals surface area contributed by atoms with Gasteiger partial charge >= 0.3 is 0 Å². The molecule has 0 heterocycles. The van der Waals surface area contributed by atoms with Gasteiger partial charge in [-0.3, -0.25) is 0 Å². The first-order valence-corrected chi connectivity index (χ1v) is 6.81. The van der Waals surface area contributed by atoms with E-state index in [0.29, 0.717) is 21.9 Å². The highest BCUT2D eigenvalue weighted by Crippen LogP contribution is 2.29. The fourth-order valence-electron chi connectivity index (χ4n) is 1.85. The molecule has 21 heavy (non-hydrogen) atoms. The van der Waals surface area contributed by atoms with Gasteiger partial charge in [-0.05, 0) is 42.3 Å². The minimum absolute atomic E-state index is 0.189. The standard InChI is InChI=1S/C16H16ClFO3/c1-10(19)12-4-6-15(13(17)8-12)21-9-11-3-5-16(20-2)14(18)7-11/h3-8,10,19H,9H2,1-2H3. The number of aliphatic hydroxyl groups excluding tert-OH is 1. The van der Waals surface area contributed by atoms with Gasteiger partial charge < -0.3 is 14.6 Å². The Morgan fingerprint density at radius 1 is 1.19 bits per heavy atom. The maximum atomic E-state index is 13.6. The number of rotatable bonds is 5. The third-order valence-electron chi connectivity index (χ3n) is 3.05. The molecule has 0 saturated carbocycles. The van der Waals surface area contributed by atoms with Crippen molar-refractivity contribution in [3.05, 3.63) is 58.4 Å². The lowest BCUT2D eigenvalue weighted by Gasteiger charge is -2.11. The molecular weight excluding hydrogens is 295 g/mol. The van der Waals surface area contributed by atoms with Crippen molar-refractivity contribution in [2.45, 2.75) is 19.6 Å². The zero-order chi connectivity index (χ0) is 15.4. The van der Waals surface area contributed by atoms with Gasteiger partial charge in [0.1, 0.15) is 12.4 Å². The van der Waals surface area contributed by atoms with Crippen LogP contribution in [0.1, 0.15) is 24.2 Å². The summed E-state index contributed by atoms with van der Waals surface area (Å²) in [5.74, 6) is 0.240. The van der Waals surface area contributed by atoms with E-state index in [9.17, 15) is 9.50 Å². The average Bonchev–Trinajstić information content (AvgIpc) is 2.46. The minimum atomic E-state index is -0.591. The normalized spacial score (nSPS) is 12.0. The van der Waals surface area contributed by atoms with Crippen LogP contribution in [0.4, 0.5) is 4.39 Å². The van der Waals surface area contributed by atoms with Gasteiger partial charge in [0, 0.05) is 0 Å². The van der Waals surface area contributed by atoms with Crippen LogP contribution in [-0.4, -0.2) is 12.2 Å². The fraction of sp³-hybridized carbons (Fsp3) is 0.250. The van der Waals surface area contributed by atoms with Crippen LogP contribution in [-0.2, 0) is 6.61 Å². The summed E-state index contributed by atoms with van der Waals surface area (Å²) in [5.41, 5.74) is 1.38. The Balaban J connectivity index is 2.08. The summed E-state index contributed by atoms with van der Waals surface area (Å²) in [6.07, 6.45) is -0.591. The highest BCUT2D eigenvalue weighted by molar-refractivity contribution is 6.32. The van der Waals surface area contributed by atoms with E-state index in [1.807, 2.05) is 0 Å². The number of hydrogen-bond acceptors (Lipinski definition) is 3. The lowest BCUT2D eigenvalue weighted by molar-refractivity contribution is 0.199. The number of halogens is 2. The molecule has 0 spiro atoms. The molecular formula is C16H16ClFO3. The number of benzene rings is 2. The summed E-state index contributed by atoms with van der Waals surface area (Å²) in [6, 6.07) is 9.70. The molecule has 0 radical (unpaired) electrons. The summed E-state index contributed by atoms with van der Waals surface area (Å²) in [7, 11) is 1.41. The summed E-state index contributed by atoms with van der Waals surface area (Å²) in [4.78, 5) is 0. The molecule has 0 aliphatic heterocycles. The Bertz CT molecular complexity index is 629. The van der Waals surface area contributed by atoms with Gasteiger partial charge in [0.2, 0.25) is 0 Å². The van der Waals surface area contributed by atoms with Gasteiger partial charge in [-0.1, -0.05) is 23.7 Å². The van der Waals surface area contributed by atoms with E-state index in [-0.39, 0.29) is 12.4 Å². The van der Waals surface area contributed by atoms with Crippen molar-refractivity contribution in [3.63, 3.8) is 0 Å². The third kappa shape index (κ3) is 3.86. The van der Waals surface area contributed by atoms with Crippen molar-refractivity contribution < 1.29 is 19.0 Å². The summed E-state index contributed by atoms with van der Waals surface area (Å²) in [6.45, 7) is 1.85. The van der Waals surface area contributed by atoms with E-state index in [1.54, 1.807) is 37.3 Å². The van der Waals surface area contributed by atoms with E-state index in [4.69, 9.17) is 21.1 Å². The van der Waals surface area contributed by atoms with E-state index in [1.165, 1.54) is 13.2 Å². The largest absolute Gasteiger partial charge is 0.494 e. The topological polar surface area (TPSA) is 38.7 Å². The van der Waals surface area contributed by atoms with Crippen LogP contribution < -0.4 is 9.47 Å². The lowest BCUT2D eigenvalue weighted by atomic mass is 10.1. The van der Waals surface area contributed by atoms with Crippen LogP contribution in [0.2, 0.25) is 5.02 Å². The molecule has 3 nitrogen and oxygen atoms in total. The van der Waals surface area contributed by atoms with Crippen LogP contribution in [0.15, 0.2) is 36.4 Å². The zero-order valence-electron chi connectivity index (χ0n) is 11.8. The smallest absolute Gasteiger partial charge is 0.165 e. The second kappa shape index (κ2) is 6.78. The van der Waals surface area contributed by atoms with E-state index in [2.05, 4.69) is 0 Å². The summed E-state index contributed by atoms with van der Waals surface area (Å²) < 4.78 is 24.0. The van der Waals surface area contributed by atoms with Crippen molar-refractivity contribution in [1.29, 1.82) is 0 Å². The molecule has 2 rings (SSSR count). The van der Waals surface area contributed by atoms with E-state index in [0.717, 1.165) is 0 Å². The van der Waals surface area contributed by atoms with Crippen LogP contribution in [0, 0.1) is 5.82 Å². The first-order valence-electron chi connectivity index (χ1n) is 6.44. The van der Waals surface area contributed by atoms with Gasteiger partial charge in [0.05, 0.1) is 18.2 Å². The van der Waals surface area contributed by atoms with Gasteiger partial charge in [-0.2, -0.15) is 0 Å². The number of ether oxygens (including phenoxy) is 2. The summed E-state index contributed by atoms with van der Waals surface area (Å²) in [5, 5.41) is 9.88. The van der Waals surface area contributed by atoms with Gasteiger partial charge in [-0.25, -0.2) is 4.39 Å². The highest BCUT2D eigenvalue weighted by atomic mass is 35.5. The molecule has 112 valence electrons. The average molecular weight is 311 g/mol. The molecule has 0 fully saturated rings.